The molecule has 0 aromatic rings. The maximum atomic E-state index is 11.0. The van der Waals surface area contributed by atoms with Gasteiger partial charge in [-0.3, -0.25) is 9.59 Å². The van der Waals surface area contributed by atoms with Crippen molar-refractivity contribution in [2.75, 3.05) is 20.1 Å². The van der Waals surface area contributed by atoms with Crippen molar-refractivity contribution in [2.24, 2.45) is 17.4 Å². The lowest BCUT2D eigenvalue weighted by Crippen LogP contribution is -2.42. The van der Waals surface area contributed by atoms with E-state index in [1.54, 1.807) is 6.92 Å². The Bertz CT molecular complexity index is 286. The molecule has 0 radical (unpaired) electrons. The van der Waals surface area contributed by atoms with Crippen LogP contribution >= 0.6 is 0 Å². The third-order valence-corrected chi connectivity index (χ3v) is 3.70. The van der Waals surface area contributed by atoms with Crippen molar-refractivity contribution in [1.82, 2.24) is 4.90 Å². The Morgan fingerprint density at radius 1 is 1.16 bits per heavy atom. The van der Waals surface area contributed by atoms with Crippen molar-refractivity contribution in [3.63, 3.8) is 0 Å². The molecule has 1 fully saturated rings. The first-order chi connectivity index (χ1) is 8.79. The average Bonchev–Trinajstić information content (AvgIpc) is 2.38. The van der Waals surface area contributed by atoms with Crippen LogP contribution in [0.5, 0.6) is 0 Å². The fraction of sp³-hybridized carbons (Fsp3) is 0.857. The van der Waals surface area contributed by atoms with Crippen molar-refractivity contribution in [1.29, 1.82) is 0 Å². The van der Waals surface area contributed by atoms with E-state index in [9.17, 15) is 9.59 Å². The third kappa shape index (κ3) is 7.40. The Balaban J connectivity index is 0.000000399. The lowest BCUT2D eigenvalue weighted by molar-refractivity contribution is -0.120. The molecule has 5 nitrogen and oxygen atoms in total. The minimum atomic E-state index is -0.236. The van der Waals surface area contributed by atoms with Crippen LogP contribution in [0.4, 0.5) is 0 Å². The summed E-state index contributed by atoms with van der Waals surface area (Å²) in [5.41, 5.74) is 11.0. The van der Waals surface area contributed by atoms with Gasteiger partial charge in [-0.25, -0.2) is 0 Å². The molecule has 0 amide bonds. The van der Waals surface area contributed by atoms with E-state index < -0.39 is 0 Å². The maximum Gasteiger partial charge on any atom is 0.146 e. The smallest absolute Gasteiger partial charge is 0.146 e. The number of Topliss-reactive ketones (excluding diaryl/α,β-unsaturated/α-hetero) is 2. The van der Waals surface area contributed by atoms with Crippen LogP contribution in [0.25, 0.3) is 0 Å². The number of hydrogen-bond acceptors (Lipinski definition) is 5. The van der Waals surface area contributed by atoms with Crippen LogP contribution in [0.15, 0.2) is 0 Å². The van der Waals surface area contributed by atoms with E-state index in [1.807, 2.05) is 6.92 Å². The van der Waals surface area contributed by atoms with Gasteiger partial charge in [0.25, 0.3) is 0 Å². The Kier molecular flexibility index (Phi) is 8.80. The molecule has 1 rings (SSSR count). The molecule has 112 valence electrons. The summed E-state index contributed by atoms with van der Waals surface area (Å²) >= 11 is 0. The monoisotopic (exact) mass is 271 g/mol. The summed E-state index contributed by atoms with van der Waals surface area (Å²) in [6.45, 7) is 7.14. The van der Waals surface area contributed by atoms with Gasteiger partial charge in [0, 0.05) is 0 Å². The van der Waals surface area contributed by atoms with Crippen LogP contribution in [-0.2, 0) is 9.59 Å². The normalized spacial score (nSPS) is 20.1. The Labute approximate surface area is 116 Å². The van der Waals surface area contributed by atoms with E-state index in [2.05, 4.69) is 11.9 Å². The zero-order chi connectivity index (χ0) is 15.0. The first kappa shape index (κ1) is 18.2. The standard InChI is InChI=1S/C9H18N2O.C5H11NO/c1-7(12)9(10)8-3-5-11(2)6-4-8;1-3-5(6)4(2)7/h8-9H,3-6,10H2,1-2H3;5H,3,6H2,1-2H3. The lowest BCUT2D eigenvalue weighted by atomic mass is 9.88. The highest BCUT2D eigenvalue weighted by molar-refractivity contribution is 5.81. The van der Waals surface area contributed by atoms with Crippen molar-refractivity contribution in [2.45, 2.75) is 52.1 Å². The van der Waals surface area contributed by atoms with Gasteiger partial charge in [0.1, 0.15) is 11.6 Å². The van der Waals surface area contributed by atoms with Crippen molar-refractivity contribution < 1.29 is 9.59 Å². The highest BCUT2D eigenvalue weighted by atomic mass is 16.1. The number of piperidine rings is 1. The fourth-order valence-electron chi connectivity index (χ4n) is 2.01. The van der Waals surface area contributed by atoms with Crippen LogP contribution in [0.1, 0.15) is 40.0 Å². The van der Waals surface area contributed by atoms with E-state index in [0.29, 0.717) is 5.92 Å². The van der Waals surface area contributed by atoms with E-state index >= 15 is 0 Å². The first-order valence-electron chi connectivity index (χ1n) is 7.00. The minimum absolute atomic E-state index is 0.0718. The lowest BCUT2D eigenvalue weighted by Gasteiger charge is -2.31. The van der Waals surface area contributed by atoms with E-state index in [-0.39, 0.29) is 23.7 Å². The number of carbonyl (C=O) groups is 2. The van der Waals surface area contributed by atoms with Gasteiger partial charge in [0.2, 0.25) is 0 Å². The van der Waals surface area contributed by atoms with Gasteiger partial charge >= 0.3 is 0 Å². The van der Waals surface area contributed by atoms with Crippen LogP contribution in [-0.4, -0.2) is 48.7 Å². The molecule has 0 saturated carbocycles. The summed E-state index contributed by atoms with van der Waals surface area (Å²) in [5.74, 6) is 0.616. The summed E-state index contributed by atoms with van der Waals surface area (Å²) < 4.78 is 0. The molecule has 0 aliphatic carbocycles. The van der Waals surface area contributed by atoms with Gasteiger partial charge in [-0.15, -0.1) is 0 Å². The van der Waals surface area contributed by atoms with Crippen LogP contribution in [0.2, 0.25) is 0 Å². The Morgan fingerprint density at radius 3 is 1.89 bits per heavy atom. The predicted octanol–water partition coefficient (Wildman–Crippen LogP) is 0.557. The largest absolute Gasteiger partial charge is 0.322 e. The molecule has 0 spiro atoms. The van der Waals surface area contributed by atoms with Crippen molar-refractivity contribution in [3.05, 3.63) is 0 Å². The fourth-order valence-corrected chi connectivity index (χ4v) is 2.01. The van der Waals surface area contributed by atoms with Gasteiger partial charge in [0.15, 0.2) is 0 Å². The van der Waals surface area contributed by atoms with E-state index in [0.717, 1.165) is 32.4 Å². The second-order valence-corrected chi connectivity index (χ2v) is 5.40. The summed E-state index contributed by atoms with van der Waals surface area (Å²) in [5, 5.41) is 0. The molecule has 4 N–H and O–H groups in total. The van der Waals surface area contributed by atoms with Gasteiger partial charge in [-0.2, -0.15) is 0 Å². The first-order valence-corrected chi connectivity index (χ1v) is 7.00. The Hall–Kier alpha value is -0.780. The molecule has 1 saturated heterocycles. The molecule has 1 aliphatic rings. The number of nitrogens with two attached hydrogens (primary N) is 2. The molecule has 19 heavy (non-hydrogen) atoms. The molecular formula is C14H29N3O2. The topological polar surface area (TPSA) is 89.4 Å². The van der Waals surface area contributed by atoms with Crippen LogP contribution in [0.3, 0.4) is 0 Å². The summed E-state index contributed by atoms with van der Waals surface area (Å²) in [6, 6.07) is -0.460. The zero-order valence-corrected chi connectivity index (χ0v) is 12.7. The highest BCUT2D eigenvalue weighted by Crippen LogP contribution is 2.18. The summed E-state index contributed by atoms with van der Waals surface area (Å²) in [7, 11) is 2.11. The van der Waals surface area contributed by atoms with Crippen LogP contribution < -0.4 is 11.5 Å². The van der Waals surface area contributed by atoms with Gasteiger partial charge in [0.05, 0.1) is 12.1 Å². The van der Waals surface area contributed by atoms with Gasteiger partial charge < -0.3 is 16.4 Å². The second-order valence-electron chi connectivity index (χ2n) is 5.40. The predicted molar refractivity (Wildman–Crippen MR) is 77.8 cm³/mol. The second kappa shape index (κ2) is 9.18. The van der Waals surface area contributed by atoms with Crippen molar-refractivity contribution in [3.8, 4) is 0 Å². The minimum Gasteiger partial charge on any atom is -0.322 e. The number of likely N-dealkylation sites (tertiary alicyclic amines) is 1. The van der Waals surface area contributed by atoms with Crippen molar-refractivity contribution >= 4 is 11.6 Å². The molecule has 2 atom stereocenters. The zero-order valence-electron chi connectivity index (χ0n) is 12.7. The Morgan fingerprint density at radius 2 is 1.63 bits per heavy atom. The third-order valence-electron chi connectivity index (χ3n) is 3.70. The average molecular weight is 271 g/mol. The molecule has 0 aromatic carbocycles. The summed E-state index contributed by atoms with van der Waals surface area (Å²) in [4.78, 5) is 23.5. The quantitative estimate of drug-likeness (QED) is 0.779. The number of ketones is 2. The number of carbonyl (C=O) groups excluding carboxylic acids is 2. The molecule has 0 bridgehead atoms. The van der Waals surface area contributed by atoms with Crippen LogP contribution in [0, 0.1) is 5.92 Å². The number of hydrogen-bond donors (Lipinski definition) is 2. The molecule has 0 aromatic heterocycles. The molecule has 2 unspecified atom stereocenters. The highest BCUT2D eigenvalue weighted by Gasteiger charge is 2.24. The van der Waals surface area contributed by atoms with E-state index in [4.69, 9.17) is 11.5 Å². The van der Waals surface area contributed by atoms with E-state index in [1.165, 1.54) is 6.92 Å². The molecular weight excluding hydrogens is 242 g/mol. The SMILES string of the molecule is CC(=O)C(N)C1CCN(C)CC1.CCC(N)C(C)=O. The van der Waals surface area contributed by atoms with Gasteiger partial charge in [-0.1, -0.05) is 6.92 Å². The number of nitrogens with zero attached hydrogens (tertiary/aromatic N) is 1. The molecule has 1 heterocycles. The summed E-state index contributed by atoms with van der Waals surface area (Å²) in [6.07, 6.45) is 2.88. The maximum absolute atomic E-state index is 11.0. The van der Waals surface area contributed by atoms with Gasteiger partial charge in [-0.05, 0) is 59.2 Å². The number of rotatable bonds is 4. The molecule has 5 heteroatoms. The molecule has 1 aliphatic heterocycles.